The van der Waals surface area contributed by atoms with Crippen LogP contribution in [0.25, 0.3) is 0 Å². The molecule has 6 heteroatoms. The number of benzene rings is 2. The van der Waals surface area contributed by atoms with Gasteiger partial charge in [0.25, 0.3) is 0 Å². The number of nitrogens with zero attached hydrogens (tertiary/aromatic N) is 1. The number of rotatable bonds is 7. The highest BCUT2D eigenvalue weighted by Gasteiger charge is 2.35. The van der Waals surface area contributed by atoms with E-state index in [1.807, 2.05) is 62.4 Å². The van der Waals surface area contributed by atoms with Gasteiger partial charge in [0.1, 0.15) is 0 Å². The second-order valence-corrected chi connectivity index (χ2v) is 7.99. The van der Waals surface area contributed by atoms with Crippen LogP contribution in [0.1, 0.15) is 38.3 Å². The van der Waals surface area contributed by atoms with Crippen LogP contribution in [0, 0.1) is 11.8 Å². The Hall–Kier alpha value is -3.15. The lowest BCUT2D eigenvalue weighted by molar-refractivity contribution is -0.126. The van der Waals surface area contributed by atoms with Crippen LogP contribution < -0.4 is 15.5 Å². The molecule has 0 aliphatic carbocycles. The van der Waals surface area contributed by atoms with Crippen LogP contribution in [0.5, 0.6) is 0 Å². The average Bonchev–Trinajstić information content (AvgIpc) is 3.14. The van der Waals surface area contributed by atoms with E-state index < -0.39 is 0 Å². The van der Waals surface area contributed by atoms with E-state index in [0.29, 0.717) is 13.1 Å². The largest absolute Gasteiger partial charge is 0.352 e. The Bertz CT molecular complexity index is 922. The molecule has 1 unspecified atom stereocenters. The number of aryl methyl sites for hydroxylation is 1. The number of anilines is 2. The fourth-order valence-corrected chi connectivity index (χ4v) is 3.40. The van der Waals surface area contributed by atoms with Gasteiger partial charge >= 0.3 is 0 Å². The first-order chi connectivity index (χ1) is 14.4. The number of hydrogen-bond donors (Lipinski definition) is 2. The van der Waals surface area contributed by atoms with Crippen molar-refractivity contribution in [3.05, 3.63) is 59.7 Å². The Morgan fingerprint density at radius 1 is 1.10 bits per heavy atom. The molecule has 1 fully saturated rings. The molecule has 158 valence electrons. The van der Waals surface area contributed by atoms with Crippen molar-refractivity contribution in [3.8, 4) is 0 Å². The van der Waals surface area contributed by atoms with Gasteiger partial charge in [0.15, 0.2) is 0 Å². The summed E-state index contributed by atoms with van der Waals surface area (Å²) in [5.41, 5.74) is 3.69. The Morgan fingerprint density at radius 2 is 1.83 bits per heavy atom. The highest BCUT2D eigenvalue weighted by molar-refractivity contribution is 6.00. The maximum absolute atomic E-state index is 12.6. The first-order valence-corrected chi connectivity index (χ1v) is 10.4. The maximum Gasteiger partial charge on any atom is 0.227 e. The van der Waals surface area contributed by atoms with Crippen molar-refractivity contribution in [3.63, 3.8) is 0 Å². The number of carbonyl (C=O) groups is 3. The molecule has 0 aromatic heterocycles. The molecule has 0 spiro atoms. The molecule has 2 aromatic carbocycles. The van der Waals surface area contributed by atoms with Gasteiger partial charge in [0.05, 0.1) is 5.92 Å². The minimum absolute atomic E-state index is 0.0198. The first-order valence-electron chi connectivity index (χ1n) is 10.4. The Balaban J connectivity index is 1.54. The van der Waals surface area contributed by atoms with E-state index >= 15 is 0 Å². The summed E-state index contributed by atoms with van der Waals surface area (Å²) in [6.07, 6.45) is 1.13. The van der Waals surface area contributed by atoms with Gasteiger partial charge in [-0.25, -0.2) is 0 Å². The second kappa shape index (κ2) is 9.57. The van der Waals surface area contributed by atoms with Crippen molar-refractivity contribution in [1.82, 2.24) is 5.32 Å². The van der Waals surface area contributed by atoms with E-state index in [4.69, 9.17) is 0 Å². The molecule has 1 aliphatic heterocycles. The van der Waals surface area contributed by atoms with Crippen LogP contribution in [0.15, 0.2) is 48.5 Å². The van der Waals surface area contributed by atoms with Crippen molar-refractivity contribution >= 4 is 29.1 Å². The van der Waals surface area contributed by atoms with Crippen molar-refractivity contribution < 1.29 is 14.4 Å². The standard InChI is InChI=1S/C24H29N3O3/c1-4-17-6-5-7-21(12-17)27-15-19(13-22(27)28)24(30)25-14-18-8-10-20(11-9-18)26-23(29)16(2)3/h5-12,16,19H,4,13-15H2,1-3H3,(H,25,30)(H,26,29). The molecule has 0 saturated carbocycles. The van der Waals surface area contributed by atoms with Crippen molar-refractivity contribution in [2.75, 3.05) is 16.8 Å². The Labute approximate surface area is 177 Å². The minimum atomic E-state index is -0.354. The van der Waals surface area contributed by atoms with Gasteiger partial charge < -0.3 is 15.5 Å². The van der Waals surface area contributed by atoms with Gasteiger partial charge in [-0.3, -0.25) is 14.4 Å². The molecule has 2 aromatic rings. The van der Waals surface area contributed by atoms with Crippen LogP contribution in [0.3, 0.4) is 0 Å². The zero-order valence-corrected chi connectivity index (χ0v) is 17.8. The van der Waals surface area contributed by atoms with E-state index in [1.165, 1.54) is 5.56 Å². The summed E-state index contributed by atoms with van der Waals surface area (Å²) in [5.74, 6) is -0.603. The normalized spacial score (nSPS) is 16.1. The Kier molecular flexibility index (Phi) is 6.87. The van der Waals surface area contributed by atoms with Gasteiger partial charge in [0.2, 0.25) is 17.7 Å². The molecule has 3 rings (SSSR count). The lowest BCUT2D eigenvalue weighted by Crippen LogP contribution is -2.32. The smallest absolute Gasteiger partial charge is 0.227 e. The second-order valence-electron chi connectivity index (χ2n) is 7.99. The lowest BCUT2D eigenvalue weighted by atomic mass is 10.1. The molecule has 30 heavy (non-hydrogen) atoms. The fraction of sp³-hybridized carbons (Fsp3) is 0.375. The molecule has 1 saturated heterocycles. The van der Waals surface area contributed by atoms with Crippen LogP contribution >= 0.6 is 0 Å². The quantitative estimate of drug-likeness (QED) is 0.737. The van der Waals surface area contributed by atoms with Crippen LogP contribution in [0.2, 0.25) is 0 Å². The summed E-state index contributed by atoms with van der Waals surface area (Å²) in [5, 5.41) is 5.77. The van der Waals surface area contributed by atoms with E-state index in [2.05, 4.69) is 17.6 Å². The molecule has 0 bridgehead atoms. The molecule has 3 amide bonds. The lowest BCUT2D eigenvalue weighted by Gasteiger charge is -2.17. The molecule has 6 nitrogen and oxygen atoms in total. The van der Waals surface area contributed by atoms with Gasteiger partial charge in [-0.2, -0.15) is 0 Å². The third kappa shape index (κ3) is 5.26. The SMILES string of the molecule is CCc1cccc(N2CC(C(=O)NCc3ccc(NC(=O)C(C)C)cc3)CC2=O)c1. The van der Waals surface area contributed by atoms with E-state index in [-0.39, 0.29) is 36.0 Å². The monoisotopic (exact) mass is 407 g/mol. The summed E-state index contributed by atoms with van der Waals surface area (Å²) < 4.78 is 0. The van der Waals surface area contributed by atoms with Crippen molar-refractivity contribution in [2.24, 2.45) is 11.8 Å². The van der Waals surface area contributed by atoms with Crippen LogP contribution in [-0.4, -0.2) is 24.3 Å². The molecule has 0 radical (unpaired) electrons. The Morgan fingerprint density at radius 3 is 2.50 bits per heavy atom. The molecular weight excluding hydrogens is 378 g/mol. The van der Waals surface area contributed by atoms with Crippen molar-refractivity contribution in [1.29, 1.82) is 0 Å². The summed E-state index contributed by atoms with van der Waals surface area (Å²) in [6.45, 7) is 6.54. The van der Waals surface area contributed by atoms with Crippen LogP contribution in [0.4, 0.5) is 11.4 Å². The summed E-state index contributed by atoms with van der Waals surface area (Å²) in [7, 11) is 0. The van der Waals surface area contributed by atoms with Gasteiger partial charge in [-0.15, -0.1) is 0 Å². The third-order valence-electron chi connectivity index (χ3n) is 5.34. The highest BCUT2D eigenvalue weighted by Crippen LogP contribution is 2.26. The van der Waals surface area contributed by atoms with E-state index in [0.717, 1.165) is 23.4 Å². The van der Waals surface area contributed by atoms with Crippen molar-refractivity contribution in [2.45, 2.75) is 40.2 Å². The highest BCUT2D eigenvalue weighted by atomic mass is 16.2. The number of nitrogens with one attached hydrogen (secondary N) is 2. The molecule has 2 N–H and O–H groups in total. The first kappa shape index (κ1) is 21.6. The fourth-order valence-electron chi connectivity index (χ4n) is 3.40. The number of hydrogen-bond acceptors (Lipinski definition) is 3. The molecular formula is C24H29N3O3. The summed E-state index contributed by atoms with van der Waals surface area (Å²) in [4.78, 5) is 38.5. The topological polar surface area (TPSA) is 78.5 Å². The average molecular weight is 408 g/mol. The predicted molar refractivity (Wildman–Crippen MR) is 118 cm³/mol. The summed E-state index contributed by atoms with van der Waals surface area (Å²) in [6, 6.07) is 15.3. The molecule has 1 aliphatic rings. The van der Waals surface area contributed by atoms with Gasteiger partial charge in [-0.05, 0) is 41.8 Å². The van der Waals surface area contributed by atoms with Gasteiger partial charge in [0, 0.05) is 36.8 Å². The third-order valence-corrected chi connectivity index (χ3v) is 5.34. The van der Waals surface area contributed by atoms with E-state index in [1.54, 1.807) is 4.90 Å². The zero-order valence-electron chi connectivity index (χ0n) is 17.8. The number of carbonyl (C=O) groups excluding carboxylic acids is 3. The minimum Gasteiger partial charge on any atom is -0.352 e. The predicted octanol–water partition coefficient (Wildman–Crippen LogP) is 3.51. The summed E-state index contributed by atoms with van der Waals surface area (Å²) >= 11 is 0. The van der Waals surface area contributed by atoms with E-state index in [9.17, 15) is 14.4 Å². The molecule has 1 heterocycles. The van der Waals surface area contributed by atoms with Gasteiger partial charge in [-0.1, -0.05) is 45.0 Å². The molecule has 1 atom stereocenters. The van der Waals surface area contributed by atoms with Crippen LogP contribution in [-0.2, 0) is 27.3 Å². The maximum atomic E-state index is 12.6. The number of amides is 3. The zero-order chi connectivity index (χ0) is 21.7.